The maximum absolute atomic E-state index is 13.3. The minimum Gasteiger partial charge on any atom is -0.464 e. The van der Waals surface area contributed by atoms with Gasteiger partial charge in [-0.1, -0.05) is 18.2 Å². The quantitative estimate of drug-likeness (QED) is 0.705. The number of carbonyl (C=O) groups excluding carboxylic acids is 1. The number of furan rings is 1. The highest BCUT2D eigenvalue weighted by atomic mass is 16.3. The maximum atomic E-state index is 13.3. The van der Waals surface area contributed by atoms with Crippen LogP contribution in [0, 0.1) is 6.92 Å². The van der Waals surface area contributed by atoms with Crippen molar-refractivity contribution in [1.82, 2.24) is 14.7 Å². The molecule has 136 valence electrons. The Hall–Kier alpha value is -2.89. The molecule has 0 aliphatic carbocycles. The number of benzene rings is 1. The average Bonchev–Trinajstić information content (AvgIpc) is 3.04. The van der Waals surface area contributed by atoms with Crippen molar-refractivity contribution in [2.45, 2.75) is 46.8 Å². The van der Waals surface area contributed by atoms with E-state index in [1.165, 1.54) is 4.68 Å². The predicted molar refractivity (Wildman–Crippen MR) is 100 cm³/mol. The van der Waals surface area contributed by atoms with Gasteiger partial charge in [0.1, 0.15) is 11.5 Å². The van der Waals surface area contributed by atoms with Gasteiger partial charge in [-0.25, -0.2) is 4.68 Å². The van der Waals surface area contributed by atoms with Crippen molar-refractivity contribution in [2.24, 2.45) is 0 Å². The van der Waals surface area contributed by atoms with E-state index in [1.54, 1.807) is 23.1 Å². The third-order valence-electron chi connectivity index (χ3n) is 4.38. The highest BCUT2D eigenvalue weighted by Gasteiger charge is 2.25. The first kappa shape index (κ1) is 17.9. The Balaban J connectivity index is 2.09. The number of nitrogens with zero attached hydrogens (tertiary/aromatic N) is 3. The largest absolute Gasteiger partial charge is 0.464 e. The summed E-state index contributed by atoms with van der Waals surface area (Å²) in [6.45, 7) is 8.37. The molecule has 1 aromatic carbocycles. The molecule has 0 saturated heterocycles. The molecule has 0 saturated carbocycles. The minimum absolute atomic E-state index is 0.0459. The second kappa shape index (κ2) is 7.15. The fourth-order valence-corrected chi connectivity index (χ4v) is 2.97. The second-order valence-corrected chi connectivity index (χ2v) is 6.55. The highest BCUT2D eigenvalue weighted by Crippen LogP contribution is 2.19. The average molecular weight is 353 g/mol. The van der Waals surface area contributed by atoms with Crippen LogP contribution in [0.4, 0.5) is 0 Å². The van der Waals surface area contributed by atoms with E-state index < -0.39 is 0 Å². The van der Waals surface area contributed by atoms with Crippen molar-refractivity contribution in [3.63, 3.8) is 0 Å². The smallest absolute Gasteiger partial charge is 0.275 e. The zero-order chi connectivity index (χ0) is 18.8. The fraction of sp³-hybridized carbons (Fsp3) is 0.350. The van der Waals surface area contributed by atoms with Crippen molar-refractivity contribution in [2.75, 3.05) is 0 Å². The van der Waals surface area contributed by atoms with E-state index in [2.05, 4.69) is 5.10 Å². The van der Waals surface area contributed by atoms with Gasteiger partial charge >= 0.3 is 0 Å². The van der Waals surface area contributed by atoms with E-state index in [0.717, 1.165) is 11.5 Å². The Morgan fingerprint density at radius 2 is 1.88 bits per heavy atom. The molecule has 3 rings (SSSR count). The third-order valence-corrected chi connectivity index (χ3v) is 4.38. The van der Waals surface area contributed by atoms with E-state index in [4.69, 9.17) is 4.42 Å². The van der Waals surface area contributed by atoms with Crippen molar-refractivity contribution >= 4 is 16.7 Å². The van der Waals surface area contributed by atoms with E-state index in [-0.39, 0.29) is 17.5 Å². The molecule has 6 heteroatoms. The third kappa shape index (κ3) is 3.27. The lowest BCUT2D eigenvalue weighted by Gasteiger charge is -2.26. The number of aryl methyl sites for hydroxylation is 2. The maximum Gasteiger partial charge on any atom is 0.275 e. The standard InChI is InChI=1S/C20H23N3O3/c1-5-23-19(24)17-9-7-6-8-16(17)18(21-23)20(25)22(13(2)3)12-15-11-10-14(4)26-15/h6-11,13H,5,12H2,1-4H3. The first-order valence-electron chi connectivity index (χ1n) is 8.78. The van der Waals surface area contributed by atoms with Gasteiger partial charge in [0, 0.05) is 18.0 Å². The van der Waals surface area contributed by atoms with Gasteiger partial charge in [-0.2, -0.15) is 5.10 Å². The Kier molecular flexibility index (Phi) is 4.93. The Bertz CT molecular complexity index is 1000. The summed E-state index contributed by atoms with van der Waals surface area (Å²) in [6, 6.07) is 10.8. The number of carbonyl (C=O) groups is 1. The van der Waals surface area contributed by atoms with Crippen molar-refractivity contribution in [3.05, 3.63) is 64.0 Å². The first-order chi connectivity index (χ1) is 12.4. The van der Waals surface area contributed by atoms with Crippen LogP contribution in [-0.2, 0) is 13.1 Å². The Labute approximate surface area is 152 Å². The predicted octanol–water partition coefficient (Wildman–Crippen LogP) is 3.37. The highest BCUT2D eigenvalue weighted by molar-refractivity contribution is 6.04. The van der Waals surface area contributed by atoms with E-state index in [1.807, 2.05) is 45.9 Å². The van der Waals surface area contributed by atoms with Gasteiger partial charge in [0.05, 0.1) is 11.9 Å². The SMILES string of the molecule is CCn1nc(C(=O)N(Cc2ccc(C)o2)C(C)C)c2ccccc2c1=O. The van der Waals surface area contributed by atoms with Crippen molar-refractivity contribution in [3.8, 4) is 0 Å². The molecule has 0 unspecified atom stereocenters. The molecular formula is C20H23N3O3. The molecule has 2 aromatic heterocycles. The summed E-state index contributed by atoms with van der Waals surface area (Å²) in [5, 5.41) is 5.43. The summed E-state index contributed by atoms with van der Waals surface area (Å²) in [7, 11) is 0. The molecule has 0 N–H and O–H groups in total. The van der Waals surface area contributed by atoms with Crippen LogP contribution in [0.2, 0.25) is 0 Å². The zero-order valence-corrected chi connectivity index (χ0v) is 15.5. The fourth-order valence-electron chi connectivity index (χ4n) is 2.97. The molecule has 3 aromatic rings. The van der Waals surface area contributed by atoms with Gasteiger partial charge in [-0.3, -0.25) is 9.59 Å². The lowest BCUT2D eigenvalue weighted by molar-refractivity contribution is 0.0669. The van der Waals surface area contributed by atoms with Crippen LogP contribution in [0.25, 0.3) is 10.8 Å². The summed E-state index contributed by atoms with van der Waals surface area (Å²) in [4.78, 5) is 27.5. The minimum atomic E-state index is -0.215. The number of hydrogen-bond acceptors (Lipinski definition) is 4. The van der Waals surface area contributed by atoms with Gasteiger partial charge in [0.2, 0.25) is 0 Å². The number of aromatic nitrogens is 2. The lowest BCUT2D eigenvalue weighted by atomic mass is 10.1. The first-order valence-corrected chi connectivity index (χ1v) is 8.78. The van der Waals surface area contributed by atoms with Crippen LogP contribution >= 0.6 is 0 Å². The van der Waals surface area contributed by atoms with Gasteiger partial charge in [-0.15, -0.1) is 0 Å². The van der Waals surface area contributed by atoms with Crippen LogP contribution < -0.4 is 5.56 Å². The molecular weight excluding hydrogens is 330 g/mol. The zero-order valence-electron chi connectivity index (χ0n) is 15.5. The molecule has 0 bridgehead atoms. The Morgan fingerprint density at radius 3 is 2.46 bits per heavy atom. The molecule has 6 nitrogen and oxygen atoms in total. The molecule has 0 radical (unpaired) electrons. The van der Waals surface area contributed by atoms with Gasteiger partial charge in [0.15, 0.2) is 5.69 Å². The van der Waals surface area contributed by atoms with Crippen LogP contribution in [-0.4, -0.2) is 26.6 Å². The van der Waals surface area contributed by atoms with Crippen molar-refractivity contribution < 1.29 is 9.21 Å². The van der Waals surface area contributed by atoms with Gasteiger partial charge in [0.25, 0.3) is 11.5 Å². The molecule has 26 heavy (non-hydrogen) atoms. The molecule has 0 fully saturated rings. The molecule has 0 aliphatic heterocycles. The molecule has 0 aliphatic rings. The van der Waals surface area contributed by atoms with E-state index in [9.17, 15) is 9.59 Å². The molecule has 0 spiro atoms. The van der Waals surface area contributed by atoms with E-state index in [0.29, 0.717) is 29.6 Å². The van der Waals surface area contributed by atoms with Crippen LogP contribution in [0.1, 0.15) is 42.8 Å². The number of amides is 1. The second-order valence-electron chi connectivity index (χ2n) is 6.55. The van der Waals surface area contributed by atoms with Crippen LogP contribution in [0.15, 0.2) is 45.6 Å². The van der Waals surface area contributed by atoms with Crippen molar-refractivity contribution in [1.29, 1.82) is 0 Å². The number of hydrogen-bond donors (Lipinski definition) is 0. The lowest BCUT2D eigenvalue weighted by Crippen LogP contribution is -2.38. The molecule has 2 heterocycles. The van der Waals surface area contributed by atoms with Crippen LogP contribution in [0.5, 0.6) is 0 Å². The topological polar surface area (TPSA) is 68.3 Å². The van der Waals surface area contributed by atoms with Gasteiger partial charge < -0.3 is 9.32 Å². The summed E-state index contributed by atoms with van der Waals surface area (Å²) < 4.78 is 6.97. The summed E-state index contributed by atoms with van der Waals surface area (Å²) in [5.41, 5.74) is 0.108. The Morgan fingerprint density at radius 1 is 1.19 bits per heavy atom. The normalized spacial score (nSPS) is 11.3. The summed E-state index contributed by atoms with van der Waals surface area (Å²) >= 11 is 0. The number of rotatable bonds is 5. The molecule has 0 atom stereocenters. The van der Waals surface area contributed by atoms with Crippen LogP contribution in [0.3, 0.4) is 0 Å². The summed E-state index contributed by atoms with van der Waals surface area (Å²) in [5.74, 6) is 1.31. The monoisotopic (exact) mass is 353 g/mol. The van der Waals surface area contributed by atoms with Gasteiger partial charge in [-0.05, 0) is 45.9 Å². The van der Waals surface area contributed by atoms with E-state index >= 15 is 0 Å². The number of fused-ring (bicyclic) bond motifs is 1. The molecule has 1 amide bonds. The summed E-state index contributed by atoms with van der Waals surface area (Å²) in [6.07, 6.45) is 0.